The number of hydrogen-bond donors (Lipinski definition) is 2. The highest BCUT2D eigenvalue weighted by Gasteiger charge is 2.14. The van der Waals surface area contributed by atoms with E-state index in [0.717, 1.165) is 10.9 Å². The molecule has 0 spiro atoms. The van der Waals surface area contributed by atoms with Crippen LogP contribution in [0.25, 0.3) is 0 Å². The molecule has 0 aliphatic rings. The Balaban J connectivity index is 2.28. The van der Waals surface area contributed by atoms with Crippen molar-refractivity contribution in [2.24, 2.45) is 0 Å². The Bertz CT molecular complexity index is 480. The minimum atomic E-state index is -0.535. The summed E-state index contributed by atoms with van der Waals surface area (Å²) in [6, 6.07) is 6.91. The third-order valence-electron chi connectivity index (χ3n) is 2.74. The molecule has 1 atom stereocenters. The second-order valence-corrected chi connectivity index (χ2v) is 5.46. The number of halogens is 1. The molecule has 2 N–H and O–H groups in total. The van der Waals surface area contributed by atoms with Crippen LogP contribution in [0.15, 0.2) is 28.7 Å². The highest BCUT2D eigenvalue weighted by atomic mass is 79.9. The predicted octanol–water partition coefficient (Wildman–Crippen LogP) is 2.25. The summed E-state index contributed by atoms with van der Waals surface area (Å²) in [6.07, 6.45) is 1.07. The van der Waals surface area contributed by atoms with E-state index in [2.05, 4.69) is 26.6 Å². The summed E-state index contributed by atoms with van der Waals surface area (Å²) < 4.78 is 6.35. The van der Waals surface area contributed by atoms with Crippen molar-refractivity contribution in [3.8, 4) is 5.75 Å². The van der Waals surface area contributed by atoms with E-state index >= 15 is 0 Å². The Hall–Kier alpha value is -1.56. The third-order valence-corrected chi connectivity index (χ3v) is 3.40. The molecular weight excluding hydrogens is 336 g/mol. The molecule has 0 saturated heterocycles. The molecule has 0 saturated carbocycles. The van der Waals surface area contributed by atoms with Crippen LogP contribution in [-0.2, 0) is 9.59 Å². The maximum Gasteiger partial charge on any atom is 0.242 e. The van der Waals surface area contributed by atoms with Crippen LogP contribution < -0.4 is 15.4 Å². The van der Waals surface area contributed by atoms with Gasteiger partial charge in [0.15, 0.2) is 0 Å². The summed E-state index contributed by atoms with van der Waals surface area (Å²) >= 11 is 3.37. The van der Waals surface area contributed by atoms with Gasteiger partial charge in [0, 0.05) is 6.54 Å². The van der Waals surface area contributed by atoms with Crippen molar-refractivity contribution in [2.45, 2.75) is 32.7 Å². The Morgan fingerprint density at radius 1 is 1.33 bits per heavy atom. The number of nitrogens with one attached hydrogen (secondary N) is 2. The van der Waals surface area contributed by atoms with E-state index in [1.165, 1.54) is 0 Å². The maximum atomic E-state index is 11.7. The highest BCUT2D eigenvalue weighted by Crippen LogP contribution is 2.23. The van der Waals surface area contributed by atoms with E-state index < -0.39 is 6.04 Å². The number of ether oxygens (including phenoxy) is 1. The third kappa shape index (κ3) is 6.62. The molecule has 21 heavy (non-hydrogen) atoms. The average molecular weight is 357 g/mol. The molecular formula is C15H21BrN2O3. The van der Waals surface area contributed by atoms with Crippen molar-refractivity contribution in [3.05, 3.63) is 28.7 Å². The second-order valence-electron chi connectivity index (χ2n) is 4.61. The van der Waals surface area contributed by atoms with Gasteiger partial charge in [-0.25, -0.2) is 0 Å². The number of carbonyl (C=O) groups excluding carboxylic acids is 2. The molecule has 1 aromatic carbocycles. The van der Waals surface area contributed by atoms with Gasteiger partial charge in [-0.1, -0.05) is 19.1 Å². The van der Waals surface area contributed by atoms with E-state index in [4.69, 9.17) is 4.74 Å². The fourth-order valence-corrected chi connectivity index (χ4v) is 2.00. The number of rotatable bonds is 8. The molecule has 1 rings (SSSR count). The number of para-hydroxylation sites is 1. The summed E-state index contributed by atoms with van der Waals surface area (Å²) in [5.74, 6) is 0.317. The first-order chi connectivity index (χ1) is 10.0. The van der Waals surface area contributed by atoms with Gasteiger partial charge in [0.2, 0.25) is 11.8 Å². The van der Waals surface area contributed by atoms with Gasteiger partial charge in [-0.3, -0.25) is 9.59 Å². The van der Waals surface area contributed by atoms with Crippen molar-refractivity contribution in [3.63, 3.8) is 0 Å². The smallest absolute Gasteiger partial charge is 0.242 e. The highest BCUT2D eigenvalue weighted by molar-refractivity contribution is 9.10. The lowest BCUT2D eigenvalue weighted by atomic mass is 10.3. The van der Waals surface area contributed by atoms with Gasteiger partial charge >= 0.3 is 0 Å². The lowest BCUT2D eigenvalue weighted by molar-refractivity contribution is -0.128. The number of hydrogen-bond acceptors (Lipinski definition) is 3. The first kappa shape index (κ1) is 17.5. The van der Waals surface area contributed by atoms with Crippen LogP contribution in [0.1, 0.15) is 26.7 Å². The Morgan fingerprint density at radius 2 is 2.05 bits per heavy atom. The van der Waals surface area contributed by atoms with Gasteiger partial charge in [-0.2, -0.15) is 0 Å². The first-order valence-electron chi connectivity index (χ1n) is 6.99. The fraction of sp³-hybridized carbons (Fsp3) is 0.467. The van der Waals surface area contributed by atoms with Gasteiger partial charge in [0.1, 0.15) is 11.8 Å². The lowest BCUT2D eigenvalue weighted by Crippen LogP contribution is -2.45. The predicted molar refractivity (Wildman–Crippen MR) is 85.2 cm³/mol. The summed E-state index contributed by atoms with van der Waals surface area (Å²) in [7, 11) is 0. The maximum absolute atomic E-state index is 11.7. The van der Waals surface area contributed by atoms with E-state index in [-0.39, 0.29) is 24.8 Å². The molecule has 0 aliphatic carbocycles. The largest absolute Gasteiger partial charge is 0.492 e. The molecule has 0 aliphatic heterocycles. The van der Waals surface area contributed by atoms with Crippen LogP contribution in [0.2, 0.25) is 0 Å². The fourth-order valence-electron chi connectivity index (χ4n) is 1.60. The molecule has 0 bridgehead atoms. The molecule has 116 valence electrons. The Labute approximate surface area is 133 Å². The van der Waals surface area contributed by atoms with Crippen molar-refractivity contribution in [1.82, 2.24) is 10.6 Å². The SMILES string of the molecule is CCCNC(=O)[C@H](C)NC(=O)CCOc1ccccc1Br. The van der Waals surface area contributed by atoms with Gasteiger partial charge < -0.3 is 15.4 Å². The summed E-state index contributed by atoms with van der Waals surface area (Å²) in [6.45, 7) is 4.52. The van der Waals surface area contributed by atoms with Crippen LogP contribution in [-0.4, -0.2) is 31.0 Å². The van der Waals surface area contributed by atoms with Crippen molar-refractivity contribution in [1.29, 1.82) is 0 Å². The monoisotopic (exact) mass is 356 g/mol. The molecule has 0 radical (unpaired) electrons. The average Bonchev–Trinajstić information content (AvgIpc) is 2.46. The topological polar surface area (TPSA) is 67.4 Å². The number of benzene rings is 1. The molecule has 0 fully saturated rings. The molecule has 5 nitrogen and oxygen atoms in total. The molecule has 1 aromatic rings. The molecule has 0 heterocycles. The van der Waals surface area contributed by atoms with Crippen LogP contribution in [0.3, 0.4) is 0 Å². The molecule has 0 unspecified atom stereocenters. The van der Waals surface area contributed by atoms with E-state index in [1.54, 1.807) is 6.92 Å². The van der Waals surface area contributed by atoms with Crippen molar-refractivity contribution in [2.75, 3.05) is 13.2 Å². The Kier molecular flexibility index (Phi) is 7.82. The quantitative estimate of drug-likeness (QED) is 0.750. The minimum absolute atomic E-state index is 0.170. The zero-order chi connectivity index (χ0) is 15.7. The number of amides is 2. The van der Waals surface area contributed by atoms with Crippen molar-refractivity contribution < 1.29 is 14.3 Å². The van der Waals surface area contributed by atoms with Crippen molar-refractivity contribution >= 4 is 27.7 Å². The zero-order valence-electron chi connectivity index (χ0n) is 12.3. The summed E-state index contributed by atoms with van der Waals surface area (Å²) in [4.78, 5) is 23.3. The molecule has 0 aromatic heterocycles. The minimum Gasteiger partial charge on any atom is -0.492 e. The van der Waals surface area contributed by atoms with Crippen LogP contribution in [0.4, 0.5) is 0 Å². The summed E-state index contributed by atoms with van der Waals surface area (Å²) in [5, 5.41) is 5.38. The zero-order valence-corrected chi connectivity index (χ0v) is 13.9. The number of carbonyl (C=O) groups is 2. The van der Waals surface area contributed by atoms with Gasteiger partial charge in [-0.15, -0.1) is 0 Å². The van der Waals surface area contributed by atoms with E-state index in [0.29, 0.717) is 12.3 Å². The normalized spacial score (nSPS) is 11.6. The van der Waals surface area contributed by atoms with Gasteiger partial charge in [0.25, 0.3) is 0 Å². The first-order valence-corrected chi connectivity index (χ1v) is 7.78. The standard InChI is InChI=1S/C15H21BrN2O3/c1-3-9-17-15(20)11(2)18-14(19)8-10-21-13-7-5-4-6-12(13)16/h4-7,11H,3,8-10H2,1-2H3,(H,17,20)(H,18,19)/t11-/m0/s1. The van der Waals surface area contributed by atoms with Crippen LogP contribution in [0.5, 0.6) is 5.75 Å². The van der Waals surface area contributed by atoms with E-state index in [9.17, 15) is 9.59 Å². The lowest BCUT2D eigenvalue weighted by Gasteiger charge is -2.14. The molecule has 6 heteroatoms. The summed E-state index contributed by atoms with van der Waals surface area (Å²) in [5.41, 5.74) is 0. The van der Waals surface area contributed by atoms with Crippen LogP contribution >= 0.6 is 15.9 Å². The Morgan fingerprint density at radius 3 is 2.71 bits per heavy atom. The second kappa shape index (κ2) is 9.39. The molecule has 2 amide bonds. The van der Waals surface area contributed by atoms with Gasteiger partial charge in [-0.05, 0) is 41.4 Å². The van der Waals surface area contributed by atoms with E-state index in [1.807, 2.05) is 31.2 Å². The van der Waals surface area contributed by atoms with Crippen LogP contribution in [0, 0.1) is 0 Å². The van der Waals surface area contributed by atoms with Gasteiger partial charge in [0.05, 0.1) is 17.5 Å².